The summed E-state index contributed by atoms with van der Waals surface area (Å²) in [6.45, 7) is 1.54. The third-order valence-electron chi connectivity index (χ3n) is 3.27. The first-order chi connectivity index (χ1) is 9.90. The van der Waals surface area contributed by atoms with E-state index in [9.17, 15) is 0 Å². The molecule has 3 rings (SSSR count). The first kappa shape index (κ1) is 12.7. The molecule has 0 saturated carbocycles. The zero-order chi connectivity index (χ0) is 13.6. The highest BCUT2D eigenvalue weighted by Crippen LogP contribution is 2.18. The number of hydrogen-bond donors (Lipinski definition) is 1. The maximum absolute atomic E-state index is 5.76. The Morgan fingerprint density at radius 3 is 2.50 bits per heavy atom. The molecule has 0 spiro atoms. The molecule has 1 heterocycles. The van der Waals surface area contributed by atoms with Crippen molar-refractivity contribution < 1.29 is 4.74 Å². The van der Waals surface area contributed by atoms with Crippen LogP contribution in [0.4, 0.5) is 5.69 Å². The Morgan fingerprint density at radius 2 is 1.80 bits per heavy atom. The molecule has 0 saturated heterocycles. The molecule has 2 aromatic rings. The number of aliphatic imine (C=N–C) groups is 1. The molecule has 102 valence electrons. The van der Waals surface area contributed by atoms with Crippen LogP contribution in [0.25, 0.3) is 0 Å². The molecule has 20 heavy (non-hydrogen) atoms. The number of nitrogens with one attached hydrogen (secondary N) is 1. The summed E-state index contributed by atoms with van der Waals surface area (Å²) in [5, 5.41) is 3.34. The molecule has 0 aliphatic carbocycles. The lowest BCUT2D eigenvalue weighted by molar-refractivity contribution is 0.306. The third-order valence-corrected chi connectivity index (χ3v) is 3.27. The number of amidine groups is 1. The van der Waals surface area contributed by atoms with Crippen LogP contribution in [-0.2, 0) is 6.61 Å². The molecule has 0 radical (unpaired) electrons. The van der Waals surface area contributed by atoms with Crippen molar-refractivity contribution in [2.24, 2.45) is 4.99 Å². The lowest BCUT2D eigenvalue weighted by Gasteiger charge is -2.09. The fraction of sp³-hybridized carbons (Fsp3) is 0.235. The minimum absolute atomic E-state index is 0.598. The summed E-state index contributed by atoms with van der Waals surface area (Å²) in [5.41, 5.74) is 2.24. The SMILES string of the molecule is c1ccc(COc2ccc(NC3=NCCC3)cc2)cc1. The highest BCUT2D eigenvalue weighted by atomic mass is 16.5. The molecule has 0 unspecified atom stereocenters. The molecule has 0 amide bonds. The van der Waals surface area contributed by atoms with Gasteiger partial charge in [0, 0.05) is 18.7 Å². The minimum Gasteiger partial charge on any atom is -0.489 e. The van der Waals surface area contributed by atoms with Crippen LogP contribution in [0.15, 0.2) is 59.6 Å². The van der Waals surface area contributed by atoms with Crippen LogP contribution in [0.5, 0.6) is 5.75 Å². The van der Waals surface area contributed by atoms with Gasteiger partial charge in [-0.2, -0.15) is 0 Å². The van der Waals surface area contributed by atoms with E-state index in [0.717, 1.165) is 36.7 Å². The van der Waals surface area contributed by atoms with Crippen molar-refractivity contribution in [2.75, 3.05) is 11.9 Å². The highest BCUT2D eigenvalue weighted by Gasteiger charge is 2.05. The van der Waals surface area contributed by atoms with Crippen molar-refractivity contribution in [3.63, 3.8) is 0 Å². The van der Waals surface area contributed by atoms with Gasteiger partial charge in [-0.3, -0.25) is 4.99 Å². The molecular weight excluding hydrogens is 248 g/mol. The lowest BCUT2D eigenvalue weighted by Crippen LogP contribution is -2.07. The topological polar surface area (TPSA) is 33.6 Å². The van der Waals surface area contributed by atoms with Gasteiger partial charge in [0.1, 0.15) is 18.2 Å². The third kappa shape index (κ3) is 3.38. The first-order valence-electron chi connectivity index (χ1n) is 6.97. The highest BCUT2D eigenvalue weighted by molar-refractivity contribution is 5.96. The van der Waals surface area contributed by atoms with Crippen molar-refractivity contribution in [2.45, 2.75) is 19.4 Å². The minimum atomic E-state index is 0.598. The standard InChI is InChI=1S/C17H18N2O/c1-2-5-14(6-3-1)13-20-16-10-8-15(9-11-16)19-17-7-4-12-18-17/h1-3,5-6,8-11H,4,7,12-13H2,(H,18,19). The number of benzene rings is 2. The van der Waals surface area contributed by atoms with Gasteiger partial charge in [0.05, 0.1) is 0 Å². The number of nitrogens with zero attached hydrogens (tertiary/aromatic N) is 1. The molecule has 0 atom stereocenters. The van der Waals surface area contributed by atoms with Gasteiger partial charge in [-0.05, 0) is 36.2 Å². The largest absolute Gasteiger partial charge is 0.489 e. The second-order valence-corrected chi connectivity index (χ2v) is 4.86. The van der Waals surface area contributed by atoms with E-state index in [-0.39, 0.29) is 0 Å². The average Bonchev–Trinajstić information content (AvgIpc) is 3.01. The monoisotopic (exact) mass is 266 g/mol. The van der Waals surface area contributed by atoms with Gasteiger partial charge in [-0.15, -0.1) is 0 Å². The summed E-state index contributed by atoms with van der Waals surface area (Å²) in [4.78, 5) is 4.40. The molecule has 1 N–H and O–H groups in total. The van der Waals surface area contributed by atoms with E-state index >= 15 is 0 Å². The molecule has 0 fully saturated rings. The fourth-order valence-corrected chi connectivity index (χ4v) is 2.18. The first-order valence-corrected chi connectivity index (χ1v) is 6.97. The van der Waals surface area contributed by atoms with Crippen LogP contribution < -0.4 is 10.1 Å². The Hall–Kier alpha value is -2.29. The predicted molar refractivity (Wildman–Crippen MR) is 82.4 cm³/mol. The molecule has 0 aromatic heterocycles. The second kappa shape index (κ2) is 6.24. The molecule has 0 bridgehead atoms. The average molecular weight is 266 g/mol. The number of rotatable bonds is 4. The van der Waals surface area contributed by atoms with E-state index < -0.39 is 0 Å². The van der Waals surface area contributed by atoms with Gasteiger partial charge in [-0.25, -0.2) is 0 Å². The van der Waals surface area contributed by atoms with E-state index in [0.29, 0.717) is 6.61 Å². The maximum atomic E-state index is 5.76. The van der Waals surface area contributed by atoms with Gasteiger partial charge in [0.15, 0.2) is 0 Å². The Balaban J connectivity index is 1.56. The Labute approximate surface area is 119 Å². The summed E-state index contributed by atoms with van der Waals surface area (Å²) in [6.07, 6.45) is 2.20. The molecule has 3 nitrogen and oxygen atoms in total. The van der Waals surface area contributed by atoms with Crippen molar-refractivity contribution >= 4 is 11.5 Å². The Kier molecular flexibility index (Phi) is 3.97. The van der Waals surface area contributed by atoms with Crippen LogP contribution >= 0.6 is 0 Å². The molecular formula is C17H18N2O. The van der Waals surface area contributed by atoms with Gasteiger partial charge in [0.25, 0.3) is 0 Å². The van der Waals surface area contributed by atoms with E-state index in [4.69, 9.17) is 4.74 Å². The number of anilines is 1. The summed E-state index contributed by atoms with van der Waals surface area (Å²) >= 11 is 0. The van der Waals surface area contributed by atoms with E-state index in [1.165, 1.54) is 5.56 Å². The number of ether oxygens (including phenoxy) is 1. The van der Waals surface area contributed by atoms with Gasteiger partial charge in [0.2, 0.25) is 0 Å². The van der Waals surface area contributed by atoms with Crippen LogP contribution in [0.3, 0.4) is 0 Å². The van der Waals surface area contributed by atoms with E-state index in [2.05, 4.69) is 22.4 Å². The summed E-state index contributed by atoms with van der Waals surface area (Å²) < 4.78 is 5.76. The van der Waals surface area contributed by atoms with Gasteiger partial charge in [-0.1, -0.05) is 30.3 Å². The second-order valence-electron chi connectivity index (χ2n) is 4.86. The zero-order valence-corrected chi connectivity index (χ0v) is 11.4. The van der Waals surface area contributed by atoms with Crippen LogP contribution in [0.1, 0.15) is 18.4 Å². The van der Waals surface area contributed by atoms with E-state index in [1.807, 2.05) is 42.5 Å². The summed E-state index contributed by atoms with van der Waals surface area (Å²) in [7, 11) is 0. The normalized spacial score (nSPS) is 13.9. The molecule has 2 aromatic carbocycles. The van der Waals surface area contributed by atoms with E-state index in [1.54, 1.807) is 0 Å². The van der Waals surface area contributed by atoms with Crippen molar-refractivity contribution in [3.8, 4) is 5.75 Å². The summed E-state index contributed by atoms with van der Waals surface area (Å²) in [6, 6.07) is 18.2. The number of hydrogen-bond acceptors (Lipinski definition) is 3. The molecule has 1 aliphatic heterocycles. The van der Waals surface area contributed by atoms with Gasteiger partial charge >= 0.3 is 0 Å². The van der Waals surface area contributed by atoms with Gasteiger partial charge < -0.3 is 10.1 Å². The smallest absolute Gasteiger partial charge is 0.119 e. The Bertz CT molecular complexity index is 576. The predicted octanol–water partition coefficient (Wildman–Crippen LogP) is 3.87. The van der Waals surface area contributed by atoms with Crippen LogP contribution in [0.2, 0.25) is 0 Å². The van der Waals surface area contributed by atoms with Crippen LogP contribution in [-0.4, -0.2) is 12.4 Å². The van der Waals surface area contributed by atoms with Crippen molar-refractivity contribution in [3.05, 3.63) is 60.2 Å². The lowest BCUT2D eigenvalue weighted by atomic mass is 10.2. The van der Waals surface area contributed by atoms with Crippen molar-refractivity contribution in [1.29, 1.82) is 0 Å². The quantitative estimate of drug-likeness (QED) is 0.911. The zero-order valence-electron chi connectivity index (χ0n) is 11.4. The molecule has 3 heteroatoms. The van der Waals surface area contributed by atoms with Crippen molar-refractivity contribution in [1.82, 2.24) is 0 Å². The fourth-order valence-electron chi connectivity index (χ4n) is 2.18. The maximum Gasteiger partial charge on any atom is 0.119 e. The summed E-state index contributed by atoms with van der Waals surface area (Å²) in [5.74, 6) is 1.97. The molecule has 1 aliphatic rings. The Morgan fingerprint density at radius 1 is 1.00 bits per heavy atom. The van der Waals surface area contributed by atoms with Crippen LogP contribution in [0, 0.1) is 0 Å².